The van der Waals surface area contributed by atoms with Crippen molar-refractivity contribution < 1.29 is 17.9 Å². The maximum atomic E-state index is 11.5. The first-order valence-electron chi connectivity index (χ1n) is 8.31. The molecule has 2 aromatic carbocycles. The third-order valence-corrected chi connectivity index (χ3v) is 5.07. The molecule has 9 heteroatoms. The minimum Gasteiger partial charge on any atom is -0.493 e. The second-order valence-electron chi connectivity index (χ2n) is 5.88. The molecule has 0 aliphatic carbocycles. The topological polar surface area (TPSA) is 89.0 Å². The van der Waals surface area contributed by atoms with Crippen LogP contribution in [0.25, 0.3) is 0 Å². The Labute approximate surface area is 183 Å². The molecule has 7 nitrogen and oxygen atoms in total. The number of methoxy groups -OCH3 is 2. The Bertz CT molecular complexity index is 900. The van der Waals surface area contributed by atoms with Gasteiger partial charge in [-0.25, -0.2) is 8.42 Å². The smallest absolute Gasteiger partial charge is 0.191 e. The van der Waals surface area contributed by atoms with E-state index in [2.05, 4.69) is 15.6 Å². The van der Waals surface area contributed by atoms with Gasteiger partial charge in [-0.15, -0.1) is 24.0 Å². The van der Waals surface area contributed by atoms with Gasteiger partial charge in [0.2, 0.25) is 0 Å². The maximum Gasteiger partial charge on any atom is 0.191 e. The van der Waals surface area contributed by atoms with Gasteiger partial charge in [0.15, 0.2) is 27.3 Å². The summed E-state index contributed by atoms with van der Waals surface area (Å²) in [6.45, 7) is 1.09. The summed E-state index contributed by atoms with van der Waals surface area (Å²) < 4.78 is 33.5. The van der Waals surface area contributed by atoms with Gasteiger partial charge in [-0.05, 0) is 35.4 Å². The van der Waals surface area contributed by atoms with E-state index in [1.807, 2.05) is 18.2 Å². The van der Waals surface area contributed by atoms with Gasteiger partial charge in [0, 0.05) is 26.4 Å². The zero-order chi connectivity index (χ0) is 19.9. The lowest BCUT2D eigenvalue weighted by atomic mass is 10.2. The predicted molar refractivity (Wildman–Crippen MR) is 122 cm³/mol. The zero-order valence-electron chi connectivity index (χ0n) is 16.4. The number of nitrogens with zero attached hydrogens (tertiary/aromatic N) is 1. The van der Waals surface area contributed by atoms with Crippen LogP contribution in [-0.4, -0.2) is 41.9 Å². The molecule has 2 aromatic rings. The van der Waals surface area contributed by atoms with Crippen LogP contribution in [0.5, 0.6) is 11.5 Å². The molecule has 0 aromatic heterocycles. The molecule has 0 fully saturated rings. The van der Waals surface area contributed by atoms with Crippen molar-refractivity contribution in [3.05, 3.63) is 53.6 Å². The van der Waals surface area contributed by atoms with Crippen molar-refractivity contribution in [1.29, 1.82) is 0 Å². The van der Waals surface area contributed by atoms with E-state index in [1.165, 1.54) is 6.26 Å². The van der Waals surface area contributed by atoms with Gasteiger partial charge in [0.25, 0.3) is 0 Å². The molecule has 0 amide bonds. The Morgan fingerprint density at radius 2 is 1.46 bits per heavy atom. The van der Waals surface area contributed by atoms with E-state index in [9.17, 15) is 8.42 Å². The summed E-state index contributed by atoms with van der Waals surface area (Å²) in [7, 11) is 1.71. The molecule has 0 saturated carbocycles. The van der Waals surface area contributed by atoms with E-state index in [-0.39, 0.29) is 24.0 Å². The molecule has 28 heavy (non-hydrogen) atoms. The van der Waals surface area contributed by atoms with Crippen LogP contribution in [-0.2, 0) is 22.9 Å². The molecule has 0 aliphatic rings. The summed E-state index contributed by atoms with van der Waals surface area (Å²) in [5, 5.41) is 6.43. The summed E-state index contributed by atoms with van der Waals surface area (Å²) in [6.07, 6.45) is 1.19. The van der Waals surface area contributed by atoms with E-state index >= 15 is 0 Å². The highest BCUT2D eigenvalue weighted by Gasteiger charge is 2.07. The third kappa shape index (κ3) is 6.86. The number of aliphatic imine (C=N–C) groups is 1. The van der Waals surface area contributed by atoms with Crippen LogP contribution >= 0.6 is 24.0 Å². The van der Waals surface area contributed by atoms with E-state index in [1.54, 1.807) is 45.5 Å². The molecule has 0 aliphatic heterocycles. The zero-order valence-corrected chi connectivity index (χ0v) is 19.5. The molecule has 0 saturated heterocycles. The summed E-state index contributed by atoms with van der Waals surface area (Å²) in [6, 6.07) is 12.5. The van der Waals surface area contributed by atoms with Crippen LogP contribution in [0.2, 0.25) is 0 Å². The fraction of sp³-hybridized carbons (Fsp3) is 0.316. The molecule has 2 rings (SSSR count). The number of sulfone groups is 1. The van der Waals surface area contributed by atoms with E-state index < -0.39 is 9.84 Å². The molecule has 0 unspecified atom stereocenters. The second-order valence-corrected chi connectivity index (χ2v) is 7.90. The SMILES string of the molecule is CN=C(NCc1ccc(S(C)(=O)=O)cc1)NCc1ccc(OC)c(OC)c1.I. The Morgan fingerprint density at radius 3 is 1.96 bits per heavy atom. The van der Waals surface area contributed by atoms with Crippen molar-refractivity contribution in [1.82, 2.24) is 10.6 Å². The first kappa shape index (κ1) is 24.0. The molecule has 0 spiro atoms. The third-order valence-electron chi connectivity index (χ3n) is 3.94. The Morgan fingerprint density at radius 1 is 0.929 bits per heavy atom. The van der Waals surface area contributed by atoms with Gasteiger partial charge >= 0.3 is 0 Å². The molecular weight excluding hydrogens is 493 g/mol. The van der Waals surface area contributed by atoms with Gasteiger partial charge in [-0.1, -0.05) is 18.2 Å². The number of benzene rings is 2. The van der Waals surface area contributed by atoms with Gasteiger partial charge in [0.05, 0.1) is 19.1 Å². The number of halogens is 1. The minimum absolute atomic E-state index is 0. The average molecular weight is 519 g/mol. The van der Waals surface area contributed by atoms with Crippen LogP contribution in [0.3, 0.4) is 0 Å². The highest BCUT2D eigenvalue weighted by molar-refractivity contribution is 14.0. The predicted octanol–water partition coefficient (Wildman–Crippen LogP) is 2.59. The van der Waals surface area contributed by atoms with Crippen LogP contribution in [0.1, 0.15) is 11.1 Å². The number of hydrogen-bond donors (Lipinski definition) is 2. The van der Waals surface area contributed by atoms with Gasteiger partial charge in [-0.2, -0.15) is 0 Å². The van der Waals surface area contributed by atoms with Crippen LogP contribution in [0, 0.1) is 0 Å². The fourth-order valence-corrected chi connectivity index (χ4v) is 3.07. The summed E-state index contributed by atoms with van der Waals surface area (Å²) >= 11 is 0. The number of ether oxygens (including phenoxy) is 2. The van der Waals surface area contributed by atoms with Crippen molar-refractivity contribution in [3.8, 4) is 11.5 Å². The Kier molecular flexibility index (Phi) is 9.53. The summed E-state index contributed by atoms with van der Waals surface area (Å²) in [5.41, 5.74) is 1.98. The van der Waals surface area contributed by atoms with Crippen molar-refractivity contribution in [3.63, 3.8) is 0 Å². The standard InChI is InChI=1S/C19H25N3O4S.HI/c1-20-19(21-12-14-5-8-16(9-6-14)27(4,23)24)22-13-15-7-10-17(25-2)18(11-15)26-3;/h5-11H,12-13H2,1-4H3,(H2,20,21,22);1H. The quantitative estimate of drug-likeness (QED) is 0.332. The van der Waals surface area contributed by atoms with Crippen molar-refractivity contribution >= 4 is 39.8 Å². The van der Waals surface area contributed by atoms with Crippen LogP contribution in [0.15, 0.2) is 52.4 Å². The minimum atomic E-state index is -3.18. The molecular formula is C19H26IN3O4S. The van der Waals surface area contributed by atoms with Gasteiger partial charge < -0.3 is 20.1 Å². The molecule has 154 valence electrons. The summed E-state index contributed by atoms with van der Waals surface area (Å²) in [5.74, 6) is 1.99. The van der Waals surface area contributed by atoms with Crippen LogP contribution < -0.4 is 20.1 Å². The first-order chi connectivity index (χ1) is 12.9. The molecule has 0 bridgehead atoms. The molecule has 2 N–H and O–H groups in total. The molecule has 0 heterocycles. The van der Waals surface area contributed by atoms with Gasteiger partial charge in [-0.3, -0.25) is 4.99 Å². The number of rotatable bonds is 7. The average Bonchev–Trinajstić information content (AvgIpc) is 2.67. The first-order valence-corrected chi connectivity index (χ1v) is 10.2. The van der Waals surface area contributed by atoms with Crippen LogP contribution in [0.4, 0.5) is 0 Å². The molecule has 0 atom stereocenters. The van der Waals surface area contributed by atoms with Gasteiger partial charge in [0.1, 0.15) is 0 Å². The maximum absolute atomic E-state index is 11.5. The lowest BCUT2D eigenvalue weighted by Gasteiger charge is -2.14. The highest BCUT2D eigenvalue weighted by Crippen LogP contribution is 2.27. The number of hydrogen-bond acceptors (Lipinski definition) is 5. The van der Waals surface area contributed by atoms with Crippen molar-refractivity contribution in [2.75, 3.05) is 27.5 Å². The monoisotopic (exact) mass is 519 g/mol. The number of guanidine groups is 1. The number of nitrogens with one attached hydrogen (secondary N) is 2. The largest absolute Gasteiger partial charge is 0.493 e. The fourth-order valence-electron chi connectivity index (χ4n) is 2.44. The Balaban J connectivity index is 0.00000392. The second kappa shape index (κ2) is 11.1. The van der Waals surface area contributed by atoms with Crippen molar-refractivity contribution in [2.45, 2.75) is 18.0 Å². The van der Waals surface area contributed by atoms with Crippen molar-refractivity contribution in [2.24, 2.45) is 4.99 Å². The molecule has 0 radical (unpaired) electrons. The van der Waals surface area contributed by atoms with E-state index in [4.69, 9.17) is 9.47 Å². The van der Waals surface area contributed by atoms with E-state index in [0.29, 0.717) is 35.4 Å². The lowest BCUT2D eigenvalue weighted by molar-refractivity contribution is 0.354. The highest BCUT2D eigenvalue weighted by atomic mass is 127. The normalized spacial score (nSPS) is 11.4. The summed E-state index contributed by atoms with van der Waals surface area (Å²) in [4.78, 5) is 4.50. The lowest BCUT2D eigenvalue weighted by Crippen LogP contribution is -2.36. The Hall–Kier alpha value is -2.01. The van der Waals surface area contributed by atoms with E-state index in [0.717, 1.165) is 11.1 Å².